The third-order valence-electron chi connectivity index (χ3n) is 5.15. The SMILES string of the molecule is CC1=[C-]CC=C1.Cc1c(C)n(-c2cc3ccccc3[cH-]2)c2ccccc12.[Cl-].[Cl-].[Zr+4]. The standard InChI is InChI=1S/C19H16N.C6H7.2ClH.Zr/c1-13-14(2)20(19-10-6-5-9-18(13)19)17-11-15-7-3-4-8-16(15)12-17;1-6-4-2-3-5-6;;;/h3-12H,1-2H3;2,4H,3H2,1H3;2*1H;/q2*-1;;;+4/p-2. The van der Waals surface area contributed by atoms with Gasteiger partial charge in [0.25, 0.3) is 0 Å². The van der Waals surface area contributed by atoms with E-state index in [1.54, 1.807) is 0 Å². The van der Waals surface area contributed by atoms with E-state index < -0.39 is 0 Å². The molecule has 0 aliphatic heterocycles. The van der Waals surface area contributed by atoms with Crippen molar-refractivity contribution in [2.24, 2.45) is 0 Å². The first-order chi connectivity index (χ1) is 12.6. The maximum Gasteiger partial charge on any atom is 4.00 e. The number of nitrogens with zero attached hydrogens (tertiary/aromatic N) is 1. The fraction of sp³-hybridized carbons (Fsp3) is 0.160. The van der Waals surface area contributed by atoms with Crippen LogP contribution >= 0.6 is 0 Å². The van der Waals surface area contributed by atoms with Gasteiger partial charge in [0.2, 0.25) is 0 Å². The zero-order chi connectivity index (χ0) is 18.1. The summed E-state index contributed by atoms with van der Waals surface area (Å²) in [4.78, 5) is 0. The van der Waals surface area contributed by atoms with Crippen molar-refractivity contribution >= 4 is 21.7 Å². The minimum atomic E-state index is 0. The molecule has 0 atom stereocenters. The van der Waals surface area contributed by atoms with Gasteiger partial charge < -0.3 is 29.4 Å². The van der Waals surface area contributed by atoms with Crippen molar-refractivity contribution in [1.82, 2.24) is 4.57 Å². The normalized spacial score (nSPS) is 11.8. The summed E-state index contributed by atoms with van der Waals surface area (Å²) >= 11 is 0. The Morgan fingerprint density at radius 2 is 1.62 bits per heavy atom. The monoisotopic (exact) mass is 497 g/mol. The summed E-state index contributed by atoms with van der Waals surface area (Å²) < 4.78 is 2.37. The van der Waals surface area contributed by atoms with Gasteiger partial charge in [-0.25, -0.2) is 11.6 Å². The van der Waals surface area contributed by atoms with Crippen molar-refractivity contribution < 1.29 is 51.0 Å². The van der Waals surface area contributed by atoms with Gasteiger partial charge >= 0.3 is 26.2 Å². The number of halogens is 2. The van der Waals surface area contributed by atoms with Gasteiger partial charge in [-0.3, -0.25) is 6.08 Å². The largest absolute Gasteiger partial charge is 4.00 e. The molecule has 0 unspecified atom stereocenters. The third-order valence-corrected chi connectivity index (χ3v) is 5.15. The van der Waals surface area contributed by atoms with Crippen LogP contribution in [0.2, 0.25) is 0 Å². The van der Waals surface area contributed by atoms with Crippen LogP contribution in [0.3, 0.4) is 0 Å². The van der Waals surface area contributed by atoms with Gasteiger partial charge in [0.15, 0.2) is 0 Å². The molecule has 0 N–H and O–H groups in total. The van der Waals surface area contributed by atoms with Crippen LogP contribution in [0.25, 0.3) is 27.4 Å². The second-order valence-electron chi connectivity index (χ2n) is 6.87. The van der Waals surface area contributed by atoms with Gasteiger partial charge in [-0.2, -0.15) is 6.08 Å². The number of benzene rings is 2. The number of hydrogen-bond acceptors (Lipinski definition) is 0. The van der Waals surface area contributed by atoms with Gasteiger partial charge in [-0.15, -0.1) is 47.5 Å². The molecule has 0 bridgehead atoms. The van der Waals surface area contributed by atoms with Crippen molar-refractivity contribution in [2.75, 3.05) is 0 Å². The molecule has 29 heavy (non-hydrogen) atoms. The smallest absolute Gasteiger partial charge is 1.00 e. The first-order valence-electron chi connectivity index (χ1n) is 9.11. The second kappa shape index (κ2) is 11.1. The molecule has 1 heterocycles. The molecule has 146 valence electrons. The average molecular weight is 500 g/mol. The number of allylic oxidation sites excluding steroid dienone is 4. The number of aryl methyl sites for hydroxylation is 1. The van der Waals surface area contributed by atoms with Gasteiger partial charge in [-0.1, -0.05) is 31.2 Å². The Balaban J connectivity index is 0.000000408. The van der Waals surface area contributed by atoms with E-state index in [0.29, 0.717) is 0 Å². The first-order valence-corrected chi connectivity index (χ1v) is 9.11. The summed E-state index contributed by atoms with van der Waals surface area (Å²) in [6.07, 6.45) is 8.33. The Bertz CT molecular complexity index is 1110. The Morgan fingerprint density at radius 1 is 0.931 bits per heavy atom. The predicted molar refractivity (Wildman–Crippen MR) is 112 cm³/mol. The zero-order valence-corrected chi connectivity index (χ0v) is 20.8. The van der Waals surface area contributed by atoms with Crippen molar-refractivity contribution in [3.05, 3.63) is 95.7 Å². The van der Waals surface area contributed by atoms with Crippen molar-refractivity contribution in [1.29, 1.82) is 0 Å². The number of para-hydroxylation sites is 1. The van der Waals surface area contributed by atoms with E-state index in [-0.39, 0.29) is 51.0 Å². The Morgan fingerprint density at radius 3 is 2.24 bits per heavy atom. The minimum Gasteiger partial charge on any atom is -1.00 e. The van der Waals surface area contributed by atoms with E-state index >= 15 is 0 Å². The van der Waals surface area contributed by atoms with E-state index in [4.69, 9.17) is 0 Å². The van der Waals surface area contributed by atoms with E-state index in [1.807, 2.05) is 0 Å². The maximum atomic E-state index is 3.12. The zero-order valence-electron chi connectivity index (χ0n) is 16.8. The molecule has 1 nitrogen and oxygen atoms in total. The summed E-state index contributed by atoms with van der Waals surface area (Å²) in [5, 5.41) is 3.95. The molecular formula is C25H23Cl2NZr. The summed E-state index contributed by atoms with van der Waals surface area (Å²) in [7, 11) is 0. The number of rotatable bonds is 1. The molecule has 0 spiro atoms. The fourth-order valence-corrected chi connectivity index (χ4v) is 3.64. The Hall–Kier alpha value is -1.47. The predicted octanol–water partition coefficient (Wildman–Crippen LogP) is 0.821. The van der Waals surface area contributed by atoms with Crippen LogP contribution in [0.15, 0.2) is 78.4 Å². The van der Waals surface area contributed by atoms with Crippen LogP contribution in [-0.2, 0) is 26.2 Å². The Labute approximate surface area is 204 Å². The summed E-state index contributed by atoms with van der Waals surface area (Å²) in [6, 6.07) is 21.7. The van der Waals surface area contributed by atoms with E-state index in [2.05, 4.69) is 104 Å². The molecule has 4 aromatic rings. The molecule has 0 fully saturated rings. The van der Waals surface area contributed by atoms with Crippen LogP contribution in [0, 0.1) is 19.9 Å². The molecule has 1 aliphatic carbocycles. The van der Waals surface area contributed by atoms with Crippen molar-refractivity contribution in [3.63, 3.8) is 0 Å². The van der Waals surface area contributed by atoms with Crippen LogP contribution in [0.1, 0.15) is 24.6 Å². The topological polar surface area (TPSA) is 4.93 Å². The minimum absolute atomic E-state index is 0. The molecule has 1 aliphatic rings. The van der Waals surface area contributed by atoms with Gasteiger partial charge in [0.05, 0.1) is 5.52 Å². The van der Waals surface area contributed by atoms with Gasteiger partial charge in [-0.05, 0) is 31.2 Å². The number of fused-ring (bicyclic) bond motifs is 2. The van der Waals surface area contributed by atoms with Crippen LogP contribution < -0.4 is 24.8 Å². The molecule has 0 saturated heterocycles. The molecule has 1 aromatic heterocycles. The second-order valence-corrected chi connectivity index (χ2v) is 6.87. The van der Waals surface area contributed by atoms with Crippen molar-refractivity contribution in [2.45, 2.75) is 27.2 Å². The molecular weight excluding hydrogens is 476 g/mol. The van der Waals surface area contributed by atoms with Gasteiger partial charge in [0.1, 0.15) is 0 Å². The summed E-state index contributed by atoms with van der Waals surface area (Å²) in [6.45, 7) is 6.47. The molecule has 4 heteroatoms. The average Bonchev–Trinajstić information content (AvgIpc) is 3.35. The molecule has 0 radical (unpaired) electrons. The van der Waals surface area contributed by atoms with Crippen LogP contribution in [-0.4, -0.2) is 4.57 Å². The van der Waals surface area contributed by atoms with E-state index in [9.17, 15) is 0 Å². The van der Waals surface area contributed by atoms with Crippen LogP contribution in [0.4, 0.5) is 0 Å². The Kier molecular flexibility index (Phi) is 9.76. The van der Waals surface area contributed by atoms with E-state index in [1.165, 1.54) is 44.2 Å². The molecule has 0 amide bonds. The first kappa shape index (κ1) is 25.6. The maximum absolute atomic E-state index is 3.12. The fourth-order valence-electron chi connectivity index (χ4n) is 3.64. The number of aromatic nitrogens is 1. The summed E-state index contributed by atoms with van der Waals surface area (Å²) in [5.74, 6) is 0. The molecule has 0 saturated carbocycles. The summed E-state index contributed by atoms with van der Waals surface area (Å²) in [5.41, 5.74) is 6.51. The van der Waals surface area contributed by atoms with Gasteiger partial charge in [0, 0.05) is 11.1 Å². The number of hydrogen-bond donors (Lipinski definition) is 0. The van der Waals surface area contributed by atoms with Crippen LogP contribution in [0.5, 0.6) is 0 Å². The van der Waals surface area contributed by atoms with Crippen molar-refractivity contribution in [3.8, 4) is 5.69 Å². The van der Waals surface area contributed by atoms with E-state index in [0.717, 1.165) is 6.42 Å². The molecule has 5 rings (SSSR count). The quantitative estimate of drug-likeness (QED) is 0.342. The molecule has 3 aromatic carbocycles. The third kappa shape index (κ3) is 5.18.